The van der Waals surface area contributed by atoms with E-state index in [0.717, 1.165) is 6.07 Å². The molecule has 0 radical (unpaired) electrons. The van der Waals surface area contributed by atoms with E-state index in [1.54, 1.807) is 42.5 Å². The molecular formula is C32H35F2N7O5. The maximum Gasteiger partial charge on any atom is 0.410 e. The molecule has 4 aromatic rings. The number of hydrogen-bond donors (Lipinski definition) is 2. The molecule has 3 atom stereocenters. The van der Waals surface area contributed by atoms with Gasteiger partial charge in [0.1, 0.15) is 17.4 Å². The summed E-state index contributed by atoms with van der Waals surface area (Å²) in [4.78, 5) is 56.7. The van der Waals surface area contributed by atoms with E-state index in [9.17, 15) is 18.8 Å². The van der Waals surface area contributed by atoms with Crippen molar-refractivity contribution in [3.63, 3.8) is 0 Å². The number of piperidine rings is 1. The van der Waals surface area contributed by atoms with Crippen LogP contribution in [0.4, 0.5) is 18.4 Å². The van der Waals surface area contributed by atoms with Crippen LogP contribution in [0.25, 0.3) is 11.2 Å². The summed E-state index contributed by atoms with van der Waals surface area (Å²) in [5.74, 6) is -2.82. The van der Waals surface area contributed by atoms with Crippen molar-refractivity contribution in [2.24, 2.45) is 0 Å². The minimum atomic E-state index is -1.03. The number of alkyl carbamates (subject to hydrolysis) is 1. The van der Waals surface area contributed by atoms with Crippen molar-refractivity contribution in [3.8, 4) is 0 Å². The zero-order valence-electron chi connectivity index (χ0n) is 25.7. The number of pyridine rings is 1. The van der Waals surface area contributed by atoms with Crippen LogP contribution < -0.4 is 11.0 Å². The summed E-state index contributed by atoms with van der Waals surface area (Å²) in [7, 11) is 0. The molecule has 1 fully saturated rings. The van der Waals surface area contributed by atoms with E-state index in [2.05, 4.69) is 25.3 Å². The van der Waals surface area contributed by atoms with E-state index >= 15 is 4.39 Å². The van der Waals surface area contributed by atoms with Gasteiger partial charge in [0.25, 0.3) is 0 Å². The molecule has 0 unspecified atom stereocenters. The van der Waals surface area contributed by atoms with Crippen LogP contribution in [-0.4, -0.2) is 60.3 Å². The quantitative estimate of drug-likeness (QED) is 0.282. The molecular weight excluding hydrogens is 600 g/mol. The average Bonchev–Trinajstić information content (AvgIpc) is 3.28. The standard InChI is InChI=1S/C32H35F2N7O5/c1-32(2,3)46-30(43)38-25-20(19-6-4-7-21(33)24(19)34)9-10-23(26-27(25)36-15-14-35-26)45-31(44)40-16-11-18(12-17-40)41-22-8-5-13-37-28(22)39-29(41)42/h4-8,13-15,18,20,23,25H,9-12,16-17H2,1-3H3,(H,38,43)(H,37,39,42)/t20-,23+,25-/m0/s1. The highest BCUT2D eigenvalue weighted by Crippen LogP contribution is 2.44. The number of carbonyl (C=O) groups excluding carboxylic acids is 2. The Balaban J connectivity index is 1.23. The number of fused-ring (bicyclic) bond motifs is 2. The lowest BCUT2D eigenvalue weighted by molar-refractivity contribution is 0.0471. The van der Waals surface area contributed by atoms with Crippen molar-refractivity contribution in [3.05, 3.63) is 88.0 Å². The molecule has 2 N–H and O–H groups in total. The highest BCUT2D eigenvalue weighted by atomic mass is 19.2. The van der Waals surface area contributed by atoms with E-state index in [0.29, 0.717) is 42.8 Å². The number of hydrogen-bond acceptors (Lipinski definition) is 8. The van der Waals surface area contributed by atoms with Gasteiger partial charge in [-0.05, 0) is 70.2 Å². The molecule has 0 spiro atoms. The first-order chi connectivity index (χ1) is 22.0. The number of likely N-dealkylation sites (tertiary alicyclic amines) is 1. The zero-order valence-corrected chi connectivity index (χ0v) is 25.7. The Kier molecular flexibility index (Phi) is 8.45. The number of aromatic nitrogens is 5. The molecule has 1 aliphatic carbocycles. The summed E-state index contributed by atoms with van der Waals surface area (Å²) < 4.78 is 42.8. The van der Waals surface area contributed by atoms with Crippen molar-refractivity contribution in [1.29, 1.82) is 0 Å². The molecule has 2 amide bonds. The number of ether oxygens (including phenoxy) is 2. The third-order valence-electron chi connectivity index (χ3n) is 8.37. The second-order valence-electron chi connectivity index (χ2n) is 12.5. The molecule has 12 nitrogen and oxygen atoms in total. The monoisotopic (exact) mass is 635 g/mol. The number of nitrogens with one attached hydrogen (secondary N) is 2. The Bertz CT molecular complexity index is 1810. The lowest BCUT2D eigenvalue weighted by Gasteiger charge is -2.32. The average molecular weight is 636 g/mol. The molecule has 242 valence electrons. The lowest BCUT2D eigenvalue weighted by Crippen LogP contribution is -2.41. The Morgan fingerprint density at radius 3 is 2.43 bits per heavy atom. The van der Waals surface area contributed by atoms with Crippen LogP contribution >= 0.6 is 0 Å². The summed E-state index contributed by atoms with van der Waals surface area (Å²) in [5.41, 5.74) is 0.785. The van der Waals surface area contributed by atoms with Crippen LogP contribution in [0.1, 0.15) is 87.5 Å². The first kappa shape index (κ1) is 31.1. The SMILES string of the molecule is CC(C)(C)OC(=O)N[C@@H]1c2nccnc2[C@H](OC(=O)N2CCC(n3c(=O)[nH]c4ncccc43)CC2)CC[C@H]1c1cccc(F)c1F. The van der Waals surface area contributed by atoms with Crippen molar-refractivity contribution >= 4 is 23.4 Å². The molecule has 1 aliphatic heterocycles. The second-order valence-corrected chi connectivity index (χ2v) is 12.5. The molecule has 4 heterocycles. The predicted octanol–water partition coefficient (Wildman–Crippen LogP) is 5.45. The highest BCUT2D eigenvalue weighted by Gasteiger charge is 2.40. The fourth-order valence-corrected chi connectivity index (χ4v) is 6.36. The Morgan fingerprint density at radius 1 is 0.957 bits per heavy atom. The molecule has 3 aromatic heterocycles. The fraction of sp³-hybridized carbons (Fsp3) is 0.438. The third-order valence-corrected chi connectivity index (χ3v) is 8.37. The summed E-state index contributed by atoms with van der Waals surface area (Å²) in [6, 6.07) is 6.42. The van der Waals surface area contributed by atoms with Crippen LogP contribution in [0.3, 0.4) is 0 Å². The Hall–Kier alpha value is -4.88. The van der Waals surface area contributed by atoms with Gasteiger partial charge in [-0.2, -0.15) is 0 Å². The topological polar surface area (TPSA) is 144 Å². The van der Waals surface area contributed by atoms with Gasteiger partial charge in [0.05, 0.1) is 17.3 Å². The maximum absolute atomic E-state index is 15.2. The predicted molar refractivity (Wildman–Crippen MR) is 162 cm³/mol. The van der Waals surface area contributed by atoms with Gasteiger partial charge in [-0.25, -0.2) is 28.1 Å². The van der Waals surface area contributed by atoms with Gasteiger partial charge < -0.3 is 19.7 Å². The number of H-pyrrole nitrogens is 1. The minimum absolute atomic E-state index is 0.0504. The van der Waals surface area contributed by atoms with E-state index in [1.165, 1.54) is 24.5 Å². The molecule has 14 heteroatoms. The number of halogens is 2. The first-order valence-corrected chi connectivity index (χ1v) is 15.2. The van der Waals surface area contributed by atoms with E-state index in [4.69, 9.17) is 9.47 Å². The van der Waals surface area contributed by atoms with Gasteiger partial charge in [0.15, 0.2) is 17.3 Å². The zero-order chi connectivity index (χ0) is 32.6. The van der Waals surface area contributed by atoms with E-state index in [-0.39, 0.29) is 35.8 Å². The van der Waals surface area contributed by atoms with Gasteiger partial charge in [0, 0.05) is 43.6 Å². The first-order valence-electron chi connectivity index (χ1n) is 15.2. The molecule has 2 aliphatic rings. The highest BCUT2D eigenvalue weighted by molar-refractivity contribution is 5.71. The van der Waals surface area contributed by atoms with Crippen LogP contribution in [0, 0.1) is 11.6 Å². The van der Waals surface area contributed by atoms with Gasteiger partial charge in [-0.3, -0.25) is 19.5 Å². The molecule has 1 aromatic carbocycles. The van der Waals surface area contributed by atoms with Crippen LogP contribution in [0.5, 0.6) is 0 Å². The van der Waals surface area contributed by atoms with Crippen molar-refractivity contribution in [1.82, 2.24) is 34.7 Å². The lowest BCUT2D eigenvalue weighted by atomic mass is 9.86. The number of imidazole rings is 1. The Labute approximate surface area is 263 Å². The summed E-state index contributed by atoms with van der Waals surface area (Å²) >= 11 is 0. The number of aromatic amines is 1. The third kappa shape index (κ3) is 6.28. The number of benzene rings is 1. The van der Waals surface area contributed by atoms with E-state index in [1.807, 2.05) is 6.07 Å². The summed E-state index contributed by atoms with van der Waals surface area (Å²) in [6.07, 6.45) is 3.76. The summed E-state index contributed by atoms with van der Waals surface area (Å²) in [5, 5.41) is 2.80. The number of amides is 2. The molecule has 46 heavy (non-hydrogen) atoms. The second kappa shape index (κ2) is 12.5. The largest absolute Gasteiger partial charge is 0.444 e. The maximum atomic E-state index is 15.2. The Morgan fingerprint density at radius 2 is 1.70 bits per heavy atom. The molecule has 0 bridgehead atoms. The fourth-order valence-electron chi connectivity index (χ4n) is 6.36. The normalized spacial score (nSPS) is 20.5. The van der Waals surface area contributed by atoms with Gasteiger partial charge in [-0.15, -0.1) is 0 Å². The van der Waals surface area contributed by atoms with Gasteiger partial charge in [-0.1, -0.05) is 12.1 Å². The minimum Gasteiger partial charge on any atom is -0.444 e. The van der Waals surface area contributed by atoms with Gasteiger partial charge in [0.2, 0.25) is 0 Å². The smallest absolute Gasteiger partial charge is 0.410 e. The van der Waals surface area contributed by atoms with E-state index < -0.39 is 47.5 Å². The van der Waals surface area contributed by atoms with Gasteiger partial charge >= 0.3 is 17.9 Å². The molecule has 1 saturated heterocycles. The number of nitrogens with zero attached hydrogens (tertiary/aromatic N) is 5. The number of carbonyl (C=O) groups is 2. The van der Waals surface area contributed by atoms with Crippen LogP contribution in [-0.2, 0) is 9.47 Å². The molecule has 0 saturated carbocycles. The summed E-state index contributed by atoms with van der Waals surface area (Å²) in [6.45, 7) is 5.84. The van der Waals surface area contributed by atoms with Crippen molar-refractivity contribution in [2.45, 2.75) is 76.2 Å². The molecule has 6 rings (SSSR count). The van der Waals surface area contributed by atoms with Crippen LogP contribution in [0.2, 0.25) is 0 Å². The van der Waals surface area contributed by atoms with Crippen molar-refractivity contribution < 1.29 is 27.8 Å². The van der Waals surface area contributed by atoms with Crippen LogP contribution in [0.15, 0.2) is 53.7 Å². The van der Waals surface area contributed by atoms with Crippen molar-refractivity contribution in [2.75, 3.05) is 13.1 Å². The number of rotatable bonds is 4.